The summed E-state index contributed by atoms with van der Waals surface area (Å²) in [6.45, 7) is 6.77. The van der Waals surface area contributed by atoms with Crippen molar-refractivity contribution in [3.8, 4) is 0 Å². The van der Waals surface area contributed by atoms with Crippen molar-refractivity contribution < 1.29 is 0 Å². The monoisotopic (exact) mass is 238 g/mol. The highest BCUT2D eigenvalue weighted by molar-refractivity contribution is 6.33. The normalized spacial score (nSPS) is 26.2. The number of likely N-dealkylation sites (tertiary alicyclic amines) is 1. The van der Waals surface area contributed by atoms with Crippen molar-refractivity contribution in [3.05, 3.63) is 28.8 Å². The Morgan fingerprint density at radius 3 is 2.75 bits per heavy atom. The van der Waals surface area contributed by atoms with E-state index in [4.69, 9.17) is 17.3 Å². The second kappa shape index (κ2) is 4.64. The van der Waals surface area contributed by atoms with Crippen LogP contribution in [-0.2, 0) is 6.54 Å². The maximum atomic E-state index is 5.91. The van der Waals surface area contributed by atoms with Gasteiger partial charge in [0, 0.05) is 19.1 Å². The van der Waals surface area contributed by atoms with Gasteiger partial charge in [-0.05, 0) is 37.0 Å². The lowest BCUT2D eigenvalue weighted by atomic mass is 10.1. The molecule has 0 aliphatic carbocycles. The molecule has 0 aromatic heterocycles. The fourth-order valence-corrected chi connectivity index (χ4v) is 2.65. The van der Waals surface area contributed by atoms with Crippen molar-refractivity contribution in [1.29, 1.82) is 0 Å². The van der Waals surface area contributed by atoms with Gasteiger partial charge in [0.15, 0.2) is 0 Å². The van der Waals surface area contributed by atoms with Crippen LogP contribution in [0.25, 0.3) is 0 Å². The first-order valence-corrected chi connectivity index (χ1v) is 6.22. The molecule has 2 unspecified atom stereocenters. The summed E-state index contributed by atoms with van der Waals surface area (Å²) in [5, 5.41) is 0.645. The molecule has 88 valence electrons. The number of nitrogen functional groups attached to an aromatic ring is 1. The Labute approximate surface area is 102 Å². The summed E-state index contributed by atoms with van der Waals surface area (Å²) in [4.78, 5) is 2.51. The van der Waals surface area contributed by atoms with Gasteiger partial charge in [-0.1, -0.05) is 24.6 Å². The van der Waals surface area contributed by atoms with Crippen LogP contribution in [0, 0.1) is 5.92 Å². The van der Waals surface area contributed by atoms with Gasteiger partial charge < -0.3 is 5.73 Å². The molecule has 16 heavy (non-hydrogen) atoms. The van der Waals surface area contributed by atoms with E-state index in [0.29, 0.717) is 16.8 Å². The molecule has 1 aromatic rings. The van der Waals surface area contributed by atoms with E-state index in [0.717, 1.165) is 12.5 Å². The largest absolute Gasteiger partial charge is 0.398 e. The average molecular weight is 239 g/mol. The third-order valence-corrected chi connectivity index (χ3v) is 3.70. The van der Waals surface area contributed by atoms with Crippen LogP contribution in [0.3, 0.4) is 0 Å². The number of halogens is 1. The summed E-state index contributed by atoms with van der Waals surface area (Å²) in [6.07, 6.45) is 1.29. The molecule has 1 aromatic carbocycles. The molecule has 2 N–H and O–H groups in total. The summed E-state index contributed by atoms with van der Waals surface area (Å²) in [7, 11) is 0. The minimum atomic E-state index is 0.645. The molecular formula is C13H19ClN2. The van der Waals surface area contributed by atoms with Crippen molar-refractivity contribution >= 4 is 17.3 Å². The van der Waals surface area contributed by atoms with Crippen LogP contribution in [0.1, 0.15) is 25.8 Å². The molecule has 0 spiro atoms. The molecule has 2 rings (SSSR count). The van der Waals surface area contributed by atoms with E-state index in [1.54, 1.807) is 0 Å². The Hall–Kier alpha value is -0.730. The van der Waals surface area contributed by atoms with E-state index < -0.39 is 0 Å². The van der Waals surface area contributed by atoms with Crippen LogP contribution in [0.15, 0.2) is 18.2 Å². The number of nitrogens with two attached hydrogens (primary N) is 1. The van der Waals surface area contributed by atoms with Crippen molar-refractivity contribution in [1.82, 2.24) is 4.90 Å². The summed E-state index contributed by atoms with van der Waals surface area (Å²) >= 11 is 5.91. The zero-order chi connectivity index (χ0) is 11.7. The quantitative estimate of drug-likeness (QED) is 0.802. The Bertz CT molecular complexity index is 378. The summed E-state index contributed by atoms with van der Waals surface area (Å²) in [6, 6.07) is 6.61. The van der Waals surface area contributed by atoms with Crippen LogP contribution >= 0.6 is 11.6 Å². The third-order valence-electron chi connectivity index (χ3n) is 3.36. The molecule has 0 bridgehead atoms. The minimum absolute atomic E-state index is 0.645. The Balaban J connectivity index is 2.06. The van der Waals surface area contributed by atoms with Crippen molar-refractivity contribution in [2.24, 2.45) is 5.92 Å². The first-order chi connectivity index (χ1) is 7.56. The smallest absolute Gasteiger partial charge is 0.0635 e. The molecule has 0 radical (unpaired) electrons. The number of hydrogen-bond acceptors (Lipinski definition) is 2. The summed E-state index contributed by atoms with van der Waals surface area (Å²) in [5.41, 5.74) is 7.74. The molecule has 1 saturated heterocycles. The minimum Gasteiger partial charge on any atom is -0.398 e. The number of anilines is 1. The fourth-order valence-electron chi connectivity index (χ4n) is 2.53. The molecule has 1 aliphatic rings. The molecule has 1 heterocycles. The number of hydrogen-bond donors (Lipinski definition) is 1. The topological polar surface area (TPSA) is 29.3 Å². The van der Waals surface area contributed by atoms with Crippen molar-refractivity contribution in [2.45, 2.75) is 32.9 Å². The van der Waals surface area contributed by atoms with Gasteiger partial charge in [0.25, 0.3) is 0 Å². The lowest BCUT2D eigenvalue weighted by Crippen LogP contribution is -2.26. The van der Waals surface area contributed by atoms with Gasteiger partial charge in [0.2, 0.25) is 0 Å². The van der Waals surface area contributed by atoms with E-state index in [1.165, 1.54) is 18.5 Å². The Morgan fingerprint density at radius 2 is 2.19 bits per heavy atom. The van der Waals surface area contributed by atoms with Gasteiger partial charge in [-0.15, -0.1) is 0 Å². The van der Waals surface area contributed by atoms with E-state index in [-0.39, 0.29) is 0 Å². The first kappa shape index (κ1) is 11.7. The van der Waals surface area contributed by atoms with Crippen LogP contribution in [0.4, 0.5) is 5.69 Å². The van der Waals surface area contributed by atoms with Gasteiger partial charge in [0.1, 0.15) is 0 Å². The second-order valence-corrected chi connectivity index (χ2v) is 5.38. The molecule has 2 atom stereocenters. The molecule has 1 fully saturated rings. The van der Waals surface area contributed by atoms with Crippen LogP contribution in [0.5, 0.6) is 0 Å². The number of nitrogens with zero attached hydrogens (tertiary/aromatic N) is 1. The van der Waals surface area contributed by atoms with Crippen LogP contribution in [-0.4, -0.2) is 17.5 Å². The maximum Gasteiger partial charge on any atom is 0.0635 e. The molecule has 2 nitrogen and oxygen atoms in total. The van der Waals surface area contributed by atoms with Gasteiger partial charge in [-0.3, -0.25) is 4.90 Å². The summed E-state index contributed by atoms with van der Waals surface area (Å²) in [5.74, 6) is 0.805. The van der Waals surface area contributed by atoms with Crippen molar-refractivity contribution in [3.63, 3.8) is 0 Å². The average Bonchev–Trinajstić information content (AvgIpc) is 2.51. The van der Waals surface area contributed by atoms with Crippen LogP contribution in [0.2, 0.25) is 5.02 Å². The van der Waals surface area contributed by atoms with Gasteiger partial charge >= 0.3 is 0 Å². The lowest BCUT2D eigenvalue weighted by Gasteiger charge is -2.21. The maximum absolute atomic E-state index is 5.91. The molecule has 3 heteroatoms. The predicted molar refractivity (Wildman–Crippen MR) is 69.5 cm³/mol. The SMILES string of the molecule is CC1CC(C)N(Cc2ccc(Cl)c(N)c2)C1. The first-order valence-electron chi connectivity index (χ1n) is 5.84. The molecular weight excluding hydrogens is 220 g/mol. The van der Waals surface area contributed by atoms with Gasteiger partial charge in [0.05, 0.1) is 10.7 Å². The van der Waals surface area contributed by atoms with E-state index in [1.807, 2.05) is 12.1 Å². The van der Waals surface area contributed by atoms with E-state index >= 15 is 0 Å². The Kier molecular flexibility index (Phi) is 3.41. The number of rotatable bonds is 2. The fraction of sp³-hybridized carbons (Fsp3) is 0.538. The Morgan fingerprint density at radius 1 is 1.44 bits per heavy atom. The summed E-state index contributed by atoms with van der Waals surface area (Å²) < 4.78 is 0. The van der Waals surface area contributed by atoms with Gasteiger partial charge in [-0.2, -0.15) is 0 Å². The molecule has 0 amide bonds. The van der Waals surface area contributed by atoms with Gasteiger partial charge in [-0.25, -0.2) is 0 Å². The van der Waals surface area contributed by atoms with Crippen molar-refractivity contribution in [2.75, 3.05) is 12.3 Å². The highest BCUT2D eigenvalue weighted by atomic mass is 35.5. The third kappa shape index (κ3) is 2.50. The highest BCUT2D eigenvalue weighted by Gasteiger charge is 2.25. The predicted octanol–water partition coefficient (Wildman–Crippen LogP) is 3.15. The second-order valence-electron chi connectivity index (χ2n) is 4.98. The number of benzene rings is 1. The van der Waals surface area contributed by atoms with E-state index in [2.05, 4.69) is 24.8 Å². The van der Waals surface area contributed by atoms with E-state index in [9.17, 15) is 0 Å². The molecule has 0 saturated carbocycles. The zero-order valence-corrected chi connectivity index (χ0v) is 10.7. The standard InChI is InChI=1S/C13H19ClN2/c1-9-5-10(2)16(7-9)8-11-3-4-12(14)13(15)6-11/h3-4,6,9-10H,5,7-8,15H2,1-2H3. The highest BCUT2D eigenvalue weighted by Crippen LogP contribution is 2.26. The van der Waals surface area contributed by atoms with Crippen LogP contribution < -0.4 is 5.73 Å². The zero-order valence-electron chi connectivity index (χ0n) is 9.91. The lowest BCUT2D eigenvalue weighted by molar-refractivity contribution is 0.256. The molecule has 1 aliphatic heterocycles.